The molecule has 3 fully saturated rings. The average molecular weight is 574 g/mol. The van der Waals surface area contributed by atoms with Gasteiger partial charge in [0.05, 0.1) is 31.3 Å². The van der Waals surface area contributed by atoms with Gasteiger partial charge in [0.2, 0.25) is 12.1 Å². The lowest BCUT2D eigenvalue weighted by Crippen LogP contribution is -2.41. The number of halogens is 1. The van der Waals surface area contributed by atoms with E-state index < -0.39 is 26.8 Å². The SMILES string of the molecule is O=C(OCOP(=O)(O)COC[C@@H]1CC[C@H](n2ccc3c(NC4CCCC4)nc(Cl)nc32)O1)N1CCOCC1. The van der Waals surface area contributed by atoms with Crippen molar-refractivity contribution in [3.8, 4) is 0 Å². The second kappa shape index (κ2) is 12.5. The van der Waals surface area contributed by atoms with E-state index in [-0.39, 0.29) is 24.2 Å². The Morgan fingerprint density at radius 2 is 2.00 bits per heavy atom. The predicted molar refractivity (Wildman–Crippen MR) is 137 cm³/mol. The molecular weight excluding hydrogens is 541 g/mol. The molecule has 0 aromatic carbocycles. The molecule has 210 valence electrons. The largest absolute Gasteiger partial charge is 0.422 e. The van der Waals surface area contributed by atoms with Crippen LogP contribution in [-0.2, 0) is 28.0 Å². The number of aromatic nitrogens is 3. The van der Waals surface area contributed by atoms with Crippen LogP contribution in [0, 0.1) is 0 Å². The molecule has 5 rings (SSSR count). The second-order valence-corrected chi connectivity index (χ2v) is 11.7. The third kappa shape index (κ3) is 6.95. The molecule has 2 aromatic rings. The van der Waals surface area contributed by atoms with Crippen LogP contribution in [0.1, 0.15) is 44.8 Å². The summed E-state index contributed by atoms with van der Waals surface area (Å²) in [5.41, 5.74) is 0.692. The minimum absolute atomic E-state index is 0.113. The van der Waals surface area contributed by atoms with E-state index in [4.69, 9.17) is 35.1 Å². The average Bonchev–Trinajstić information content (AvgIpc) is 3.66. The topological polar surface area (TPSA) is 146 Å². The van der Waals surface area contributed by atoms with E-state index in [1.165, 1.54) is 17.7 Å². The van der Waals surface area contributed by atoms with Crippen molar-refractivity contribution >= 4 is 42.1 Å². The summed E-state index contributed by atoms with van der Waals surface area (Å²) in [5, 5.41) is 4.57. The van der Waals surface area contributed by atoms with Gasteiger partial charge < -0.3 is 38.6 Å². The Balaban J connectivity index is 1.08. The number of ether oxygens (including phenoxy) is 4. The standard InChI is InChI=1S/C23H33ClN5O8P/c24-22-26-20(25-16-3-1-2-4-16)18-7-8-29(21(18)27-22)19-6-5-17(37-19)13-34-15-38(31,32)36-14-35-23(30)28-9-11-33-12-10-28/h7-8,16-17,19H,1-6,9-15H2,(H,31,32)(H,25,26,27)/t17-,19+/m0/s1. The highest BCUT2D eigenvalue weighted by atomic mass is 35.5. The monoisotopic (exact) mass is 573 g/mol. The van der Waals surface area contributed by atoms with E-state index in [0.29, 0.717) is 44.4 Å². The van der Waals surface area contributed by atoms with E-state index in [1.807, 2.05) is 16.8 Å². The van der Waals surface area contributed by atoms with E-state index in [1.54, 1.807) is 0 Å². The number of fused-ring (bicyclic) bond motifs is 1. The fourth-order valence-corrected chi connectivity index (χ4v) is 5.75. The van der Waals surface area contributed by atoms with E-state index in [2.05, 4.69) is 15.3 Å². The Morgan fingerprint density at radius 1 is 1.21 bits per heavy atom. The van der Waals surface area contributed by atoms with Gasteiger partial charge in [-0.15, -0.1) is 0 Å². The number of hydrogen-bond donors (Lipinski definition) is 2. The normalized spacial score (nSPS) is 24.1. The molecule has 2 saturated heterocycles. The smallest absolute Gasteiger partial charge is 0.412 e. The number of amides is 1. The molecule has 2 N–H and O–H groups in total. The van der Waals surface area contributed by atoms with Crippen molar-refractivity contribution in [2.45, 2.75) is 56.9 Å². The lowest BCUT2D eigenvalue weighted by atomic mass is 10.2. The number of anilines is 1. The van der Waals surface area contributed by atoms with Gasteiger partial charge in [-0.2, -0.15) is 4.98 Å². The van der Waals surface area contributed by atoms with Crippen molar-refractivity contribution in [3.05, 3.63) is 17.5 Å². The van der Waals surface area contributed by atoms with Crippen molar-refractivity contribution < 1.29 is 37.7 Å². The maximum absolute atomic E-state index is 12.2. The highest BCUT2D eigenvalue weighted by Crippen LogP contribution is 2.42. The molecule has 2 aromatic heterocycles. The third-order valence-electron chi connectivity index (χ3n) is 6.90. The van der Waals surface area contributed by atoms with Crippen molar-refractivity contribution in [3.63, 3.8) is 0 Å². The molecule has 3 aliphatic rings. The van der Waals surface area contributed by atoms with Crippen molar-refractivity contribution in [1.29, 1.82) is 0 Å². The first-order chi connectivity index (χ1) is 18.4. The Hall–Kier alpha value is -1.99. The van der Waals surface area contributed by atoms with Crippen LogP contribution in [0.15, 0.2) is 12.3 Å². The fraction of sp³-hybridized carbons (Fsp3) is 0.696. The summed E-state index contributed by atoms with van der Waals surface area (Å²) >= 11 is 6.24. The predicted octanol–water partition coefficient (Wildman–Crippen LogP) is 3.72. The number of hydrogen-bond acceptors (Lipinski definition) is 10. The highest BCUT2D eigenvalue weighted by Gasteiger charge is 2.30. The first-order valence-electron chi connectivity index (χ1n) is 12.9. The molecule has 1 amide bonds. The van der Waals surface area contributed by atoms with Crippen LogP contribution in [0.4, 0.5) is 10.6 Å². The van der Waals surface area contributed by atoms with Crippen LogP contribution >= 0.6 is 19.2 Å². The molecule has 1 unspecified atom stereocenters. The Labute approximate surface area is 225 Å². The second-order valence-electron chi connectivity index (χ2n) is 9.61. The Morgan fingerprint density at radius 3 is 2.79 bits per heavy atom. The number of nitrogens with one attached hydrogen (secondary N) is 1. The minimum atomic E-state index is -4.11. The zero-order chi connectivity index (χ0) is 26.5. The van der Waals surface area contributed by atoms with Crippen molar-refractivity contribution in [2.75, 3.05) is 51.4 Å². The summed E-state index contributed by atoms with van der Waals surface area (Å²) in [6, 6.07) is 2.35. The summed E-state index contributed by atoms with van der Waals surface area (Å²) in [5.74, 6) is 0.734. The third-order valence-corrected chi connectivity index (χ3v) is 8.09. The van der Waals surface area contributed by atoms with Crippen LogP contribution < -0.4 is 5.32 Å². The van der Waals surface area contributed by atoms with E-state index >= 15 is 0 Å². The molecule has 0 spiro atoms. The molecule has 2 aliphatic heterocycles. The molecule has 1 aliphatic carbocycles. The summed E-state index contributed by atoms with van der Waals surface area (Å²) in [6.45, 7) is 1.12. The molecule has 13 nitrogen and oxygen atoms in total. The first-order valence-corrected chi connectivity index (χ1v) is 15.0. The molecule has 3 atom stereocenters. The Bertz CT molecular complexity index is 1160. The molecule has 1 saturated carbocycles. The fourth-order valence-electron chi connectivity index (χ4n) is 4.96. The lowest BCUT2D eigenvalue weighted by Gasteiger charge is -2.26. The first kappa shape index (κ1) is 27.6. The van der Waals surface area contributed by atoms with Crippen LogP contribution in [0.2, 0.25) is 5.28 Å². The molecular formula is C23H33ClN5O8P. The molecule has 4 heterocycles. The van der Waals surface area contributed by atoms with Crippen LogP contribution in [0.25, 0.3) is 11.0 Å². The number of rotatable bonds is 10. The van der Waals surface area contributed by atoms with Gasteiger partial charge in [0, 0.05) is 25.3 Å². The number of carbonyl (C=O) groups excluding carboxylic acids is 1. The van der Waals surface area contributed by atoms with Crippen LogP contribution in [0.3, 0.4) is 0 Å². The van der Waals surface area contributed by atoms with Gasteiger partial charge in [0.1, 0.15) is 24.0 Å². The minimum Gasteiger partial charge on any atom is -0.422 e. The summed E-state index contributed by atoms with van der Waals surface area (Å²) < 4.78 is 40.7. The maximum Gasteiger partial charge on any atom is 0.412 e. The van der Waals surface area contributed by atoms with E-state index in [9.17, 15) is 14.3 Å². The van der Waals surface area contributed by atoms with Crippen LogP contribution in [0.5, 0.6) is 0 Å². The van der Waals surface area contributed by atoms with Gasteiger partial charge >= 0.3 is 13.7 Å². The number of nitrogens with zero attached hydrogens (tertiary/aromatic N) is 4. The van der Waals surface area contributed by atoms with Crippen molar-refractivity contribution in [1.82, 2.24) is 19.4 Å². The van der Waals surface area contributed by atoms with E-state index in [0.717, 1.165) is 30.5 Å². The van der Waals surface area contributed by atoms with Gasteiger partial charge in [0.25, 0.3) is 0 Å². The zero-order valence-electron chi connectivity index (χ0n) is 21.0. The summed E-state index contributed by atoms with van der Waals surface area (Å²) in [4.78, 5) is 32.2. The van der Waals surface area contributed by atoms with Crippen LogP contribution in [-0.4, -0.2) is 88.6 Å². The lowest BCUT2D eigenvalue weighted by molar-refractivity contribution is -0.0366. The highest BCUT2D eigenvalue weighted by molar-refractivity contribution is 7.52. The summed E-state index contributed by atoms with van der Waals surface area (Å²) in [7, 11) is -4.11. The maximum atomic E-state index is 12.2. The van der Waals surface area contributed by atoms with Gasteiger partial charge in [-0.25, -0.2) is 9.78 Å². The number of morpholine rings is 1. The summed E-state index contributed by atoms with van der Waals surface area (Å²) in [6.07, 6.45) is 6.26. The van der Waals surface area contributed by atoms with Gasteiger partial charge in [-0.1, -0.05) is 12.8 Å². The van der Waals surface area contributed by atoms with Gasteiger partial charge in [-0.05, 0) is 43.4 Å². The molecule has 15 heteroatoms. The zero-order valence-corrected chi connectivity index (χ0v) is 22.6. The number of carbonyl (C=O) groups is 1. The molecule has 38 heavy (non-hydrogen) atoms. The quantitative estimate of drug-likeness (QED) is 0.243. The van der Waals surface area contributed by atoms with Gasteiger partial charge in [0.15, 0.2) is 0 Å². The Kier molecular flexibility index (Phi) is 9.04. The van der Waals surface area contributed by atoms with Crippen molar-refractivity contribution in [2.24, 2.45) is 0 Å². The molecule has 0 bridgehead atoms. The van der Waals surface area contributed by atoms with Gasteiger partial charge in [-0.3, -0.25) is 9.09 Å². The molecule has 0 radical (unpaired) electrons.